The molecule has 0 aromatic carbocycles. The van der Waals surface area contributed by atoms with Crippen molar-refractivity contribution in [2.75, 3.05) is 0 Å². The highest BCUT2D eigenvalue weighted by Gasteiger charge is 2.48. The van der Waals surface area contributed by atoms with Crippen molar-refractivity contribution in [3.63, 3.8) is 0 Å². The minimum Gasteiger partial charge on any atom is -0.480 e. The van der Waals surface area contributed by atoms with Crippen LogP contribution in [0.2, 0.25) is 0 Å². The van der Waals surface area contributed by atoms with Crippen molar-refractivity contribution in [3.05, 3.63) is 0 Å². The van der Waals surface area contributed by atoms with Crippen LogP contribution in [-0.2, 0) is 4.79 Å². The predicted octanol–water partition coefficient (Wildman–Crippen LogP) is 1.48. The normalized spacial score (nSPS) is 28.5. The summed E-state index contributed by atoms with van der Waals surface area (Å²) in [5.74, 6) is -0.916. The number of carboxylic acid groups (broad SMARTS) is 1. The van der Waals surface area contributed by atoms with Gasteiger partial charge < -0.3 is 15.7 Å². The van der Waals surface area contributed by atoms with Crippen molar-refractivity contribution < 1.29 is 14.7 Å². The van der Waals surface area contributed by atoms with Gasteiger partial charge in [0.05, 0.1) is 0 Å². The van der Waals surface area contributed by atoms with Gasteiger partial charge in [-0.1, -0.05) is 26.7 Å². The molecule has 2 aliphatic carbocycles. The van der Waals surface area contributed by atoms with E-state index in [1.165, 1.54) is 0 Å². The zero-order valence-corrected chi connectivity index (χ0v) is 10.4. The molecule has 1 unspecified atom stereocenters. The van der Waals surface area contributed by atoms with Crippen molar-refractivity contribution in [3.8, 4) is 0 Å². The Morgan fingerprint density at radius 3 is 2.18 bits per heavy atom. The summed E-state index contributed by atoms with van der Waals surface area (Å²) in [5, 5.41) is 14.7. The third-order valence-electron chi connectivity index (χ3n) is 4.04. The van der Waals surface area contributed by atoms with Crippen LogP contribution in [0.5, 0.6) is 0 Å². The van der Waals surface area contributed by atoms with E-state index in [0.29, 0.717) is 12.8 Å². The number of urea groups is 1. The molecule has 5 heteroatoms. The lowest BCUT2D eigenvalue weighted by atomic mass is 9.98. The zero-order valence-electron chi connectivity index (χ0n) is 10.4. The van der Waals surface area contributed by atoms with E-state index in [1.54, 1.807) is 0 Å². The Labute approximate surface area is 101 Å². The molecule has 2 amide bonds. The Balaban J connectivity index is 1.91. The van der Waals surface area contributed by atoms with Crippen LogP contribution in [0, 0.1) is 5.41 Å². The summed E-state index contributed by atoms with van der Waals surface area (Å²) in [7, 11) is 0. The molecular weight excluding hydrogens is 220 g/mol. The third kappa shape index (κ3) is 2.37. The molecule has 0 aromatic heterocycles. The molecule has 0 aromatic rings. The Bertz CT molecular complexity index is 346. The van der Waals surface area contributed by atoms with Gasteiger partial charge in [-0.05, 0) is 24.7 Å². The summed E-state index contributed by atoms with van der Waals surface area (Å²) < 4.78 is 0. The SMILES string of the molecule is CC1(C)CC1NC(=O)NC1(C(=O)O)CCCC1. The highest BCUT2D eigenvalue weighted by atomic mass is 16.4. The molecule has 0 aliphatic heterocycles. The second-order valence-corrected chi connectivity index (χ2v) is 5.94. The highest BCUT2D eigenvalue weighted by Crippen LogP contribution is 2.44. The first-order chi connectivity index (χ1) is 7.86. The van der Waals surface area contributed by atoms with E-state index in [4.69, 9.17) is 0 Å². The molecule has 0 bridgehead atoms. The van der Waals surface area contributed by atoms with Crippen molar-refractivity contribution in [2.24, 2.45) is 5.41 Å². The minimum absolute atomic E-state index is 0.156. The molecule has 2 saturated carbocycles. The summed E-state index contributed by atoms with van der Waals surface area (Å²) in [6.07, 6.45) is 3.75. The van der Waals surface area contributed by atoms with Crippen molar-refractivity contribution >= 4 is 12.0 Å². The predicted molar refractivity (Wildman–Crippen MR) is 62.7 cm³/mol. The van der Waals surface area contributed by atoms with Gasteiger partial charge in [0.25, 0.3) is 0 Å². The third-order valence-corrected chi connectivity index (χ3v) is 4.04. The van der Waals surface area contributed by atoms with E-state index >= 15 is 0 Å². The summed E-state index contributed by atoms with van der Waals surface area (Å²) in [4.78, 5) is 23.0. The summed E-state index contributed by atoms with van der Waals surface area (Å²) >= 11 is 0. The average Bonchev–Trinajstić information content (AvgIpc) is 2.65. The molecule has 0 spiro atoms. The number of carbonyl (C=O) groups is 2. The van der Waals surface area contributed by atoms with E-state index in [9.17, 15) is 14.7 Å². The van der Waals surface area contributed by atoms with Gasteiger partial charge in [0.15, 0.2) is 0 Å². The Morgan fingerprint density at radius 1 is 1.24 bits per heavy atom. The van der Waals surface area contributed by atoms with Crippen molar-refractivity contribution in [1.82, 2.24) is 10.6 Å². The van der Waals surface area contributed by atoms with Crippen LogP contribution in [-0.4, -0.2) is 28.7 Å². The molecule has 1 atom stereocenters. The average molecular weight is 240 g/mol. The number of carboxylic acids is 1. The fourth-order valence-corrected chi connectivity index (χ4v) is 2.50. The lowest BCUT2D eigenvalue weighted by molar-refractivity contribution is -0.144. The quantitative estimate of drug-likeness (QED) is 0.699. The zero-order chi connectivity index (χ0) is 12.7. The van der Waals surface area contributed by atoms with Gasteiger partial charge in [-0.2, -0.15) is 0 Å². The lowest BCUT2D eigenvalue weighted by Crippen LogP contribution is -2.56. The Hall–Kier alpha value is -1.26. The maximum atomic E-state index is 11.8. The van der Waals surface area contributed by atoms with Crippen LogP contribution in [0.1, 0.15) is 46.0 Å². The first-order valence-electron chi connectivity index (χ1n) is 6.18. The van der Waals surface area contributed by atoms with Gasteiger partial charge in [0.2, 0.25) is 0 Å². The van der Waals surface area contributed by atoms with E-state index < -0.39 is 11.5 Å². The van der Waals surface area contributed by atoms with Gasteiger partial charge >= 0.3 is 12.0 Å². The van der Waals surface area contributed by atoms with Crippen LogP contribution < -0.4 is 10.6 Å². The van der Waals surface area contributed by atoms with Gasteiger partial charge in [-0.15, -0.1) is 0 Å². The smallest absolute Gasteiger partial charge is 0.329 e. The molecule has 2 rings (SSSR count). The van der Waals surface area contributed by atoms with E-state index in [1.807, 2.05) is 0 Å². The second kappa shape index (κ2) is 3.89. The number of aliphatic carboxylic acids is 1. The first-order valence-corrected chi connectivity index (χ1v) is 6.18. The largest absolute Gasteiger partial charge is 0.480 e. The lowest BCUT2D eigenvalue weighted by Gasteiger charge is -2.25. The molecule has 3 N–H and O–H groups in total. The number of hydrogen-bond donors (Lipinski definition) is 3. The summed E-state index contributed by atoms with van der Waals surface area (Å²) in [5.41, 5.74) is -0.882. The number of hydrogen-bond acceptors (Lipinski definition) is 2. The molecule has 0 saturated heterocycles. The molecule has 0 heterocycles. The Kier molecular flexibility index (Phi) is 2.79. The monoisotopic (exact) mass is 240 g/mol. The van der Waals surface area contributed by atoms with E-state index in [-0.39, 0.29) is 17.5 Å². The molecule has 96 valence electrons. The molecule has 2 aliphatic rings. The van der Waals surface area contributed by atoms with E-state index in [2.05, 4.69) is 24.5 Å². The topological polar surface area (TPSA) is 78.4 Å². The summed E-state index contributed by atoms with van der Waals surface area (Å²) in [6, 6.07) is -0.167. The molecular formula is C12H20N2O3. The molecule has 0 radical (unpaired) electrons. The van der Waals surface area contributed by atoms with Gasteiger partial charge in [0, 0.05) is 6.04 Å². The van der Waals surface area contributed by atoms with Crippen molar-refractivity contribution in [1.29, 1.82) is 0 Å². The standard InChI is InChI=1S/C12H20N2O3/c1-11(2)7-8(11)13-10(17)14-12(9(15)16)5-3-4-6-12/h8H,3-7H2,1-2H3,(H,15,16)(H2,13,14,17). The number of nitrogens with one attached hydrogen (secondary N) is 2. The fraction of sp³-hybridized carbons (Fsp3) is 0.833. The molecule has 5 nitrogen and oxygen atoms in total. The van der Waals surface area contributed by atoms with Gasteiger partial charge in [0.1, 0.15) is 5.54 Å². The van der Waals surface area contributed by atoms with Gasteiger partial charge in [-0.3, -0.25) is 0 Å². The minimum atomic E-state index is -1.04. The Morgan fingerprint density at radius 2 is 1.76 bits per heavy atom. The van der Waals surface area contributed by atoms with Crippen LogP contribution >= 0.6 is 0 Å². The first kappa shape index (κ1) is 12.2. The second-order valence-electron chi connectivity index (χ2n) is 5.94. The van der Waals surface area contributed by atoms with E-state index in [0.717, 1.165) is 19.3 Å². The number of amides is 2. The van der Waals surface area contributed by atoms with Crippen LogP contribution in [0.4, 0.5) is 4.79 Å². The summed E-state index contributed by atoms with van der Waals surface area (Å²) in [6.45, 7) is 4.17. The van der Waals surface area contributed by atoms with Crippen LogP contribution in [0.15, 0.2) is 0 Å². The van der Waals surface area contributed by atoms with Crippen molar-refractivity contribution in [2.45, 2.75) is 57.5 Å². The number of carbonyl (C=O) groups excluding carboxylic acids is 1. The molecule has 2 fully saturated rings. The maximum absolute atomic E-state index is 11.8. The molecule has 17 heavy (non-hydrogen) atoms. The van der Waals surface area contributed by atoms with Gasteiger partial charge in [-0.25, -0.2) is 9.59 Å². The maximum Gasteiger partial charge on any atom is 0.329 e. The number of rotatable bonds is 3. The van der Waals surface area contributed by atoms with Crippen LogP contribution in [0.25, 0.3) is 0 Å². The van der Waals surface area contributed by atoms with Crippen LogP contribution in [0.3, 0.4) is 0 Å². The fourth-order valence-electron chi connectivity index (χ4n) is 2.50. The highest BCUT2D eigenvalue weighted by molar-refractivity contribution is 5.86.